The molecule has 22 heavy (non-hydrogen) atoms. The zero-order chi connectivity index (χ0) is 16.7. The SMILES string of the molecule is O=[N+]([O-])c1ccc(NN=C(CO)[C@@H](O)[C@H](O)[C@H](O)CO)cc1. The molecular weight excluding hydrogens is 298 g/mol. The van der Waals surface area contributed by atoms with Gasteiger partial charge in [0.2, 0.25) is 0 Å². The second-order valence-electron chi connectivity index (χ2n) is 4.36. The van der Waals surface area contributed by atoms with Crippen LogP contribution in [0, 0.1) is 10.1 Å². The molecule has 0 aliphatic rings. The molecule has 0 saturated carbocycles. The molecule has 0 unspecified atom stereocenters. The minimum Gasteiger partial charge on any atom is -0.394 e. The number of nitrogens with zero attached hydrogens (tertiary/aromatic N) is 2. The van der Waals surface area contributed by atoms with Gasteiger partial charge in [-0.1, -0.05) is 0 Å². The summed E-state index contributed by atoms with van der Waals surface area (Å²) in [5.41, 5.74) is 2.40. The molecule has 10 heteroatoms. The van der Waals surface area contributed by atoms with E-state index in [1.165, 1.54) is 24.3 Å². The summed E-state index contributed by atoms with van der Waals surface area (Å²) < 4.78 is 0. The van der Waals surface area contributed by atoms with Gasteiger partial charge in [-0.2, -0.15) is 5.10 Å². The lowest BCUT2D eigenvalue weighted by Crippen LogP contribution is -2.45. The van der Waals surface area contributed by atoms with Gasteiger partial charge < -0.3 is 25.5 Å². The topological polar surface area (TPSA) is 169 Å². The Morgan fingerprint density at radius 2 is 1.82 bits per heavy atom. The van der Waals surface area contributed by atoms with E-state index in [1.807, 2.05) is 0 Å². The van der Waals surface area contributed by atoms with Crippen LogP contribution >= 0.6 is 0 Å². The van der Waals surface area contributed by atoms with Gasteiger partial charge in [0.25, 0.3) is 5.69 Å². The minimum atomic E-state index is -1.73. The van der Waals surface area contributed by atoms with Crippen molar-refractivity contribution in [1.82, 2.24) is 0 Å². The fourth-order valence-electron chi connectivity index (χ4n) is 1.50. The van der Waals surface area contributed by atoms with E-state index in [0.717, 1.165) is 0 Å². The van der Waals surface area contributed by atoms with Crippen molar-refractivity contribution in [3.05, 3.63) is 34.4 Å². The highest BCUT2D eigenvalue weighted by atomic mass is 16.6. The number of hydrazone groups is 1. The van der Waals surface area contributed by atoms with Gasteiger partial charge in [-0.15, -0.1) is 0 Å². The predicted octanol–water partition coefficient (Wildman–Crippen LogP) is -1.57. The number of anilines is 1. The van der Waals surface area contributed by atoms with Crippen molar-refractivity contribution in [2.75, 3.05) is 18.6 Å². The minimum absolute atomic E-state index is 0.113. The predicted molar refractivity (Wildman–Crippen MR) is 76.3 cm³/mol. The van der Waals surface area contributed by atoms with Crippen molar-refractivity contribution >= 4 is 17.1 Å². The van der Waals surface area contributed by atoms with Crippen LogP contribution in [0.25, 0.3) is 0 Å². The van der Waals surface area contributed by atoms with Crippen molar-refractivity contribution < 1.29 is 30.5 Å². The van der Waals surface area contributed by atoms with Crippen LogP contribution in [-0.4, -0.2) is 67.7 Å². The molecule has 0 amide bonds. The fraction of sp³-hybridized carbons (Fsp3) is 0.417. The summed E-state index contributed by atoms with van der Waals surface area (Å²) >= 11 is 0. The first-order valence-corrected chi connectivity index (χ1v) is 6.23. The molecule has 0 heterocycles. The number of aliphatic hydroxyl groups is 5. The molecule has 1 aromatic carbocycles. The lowest BCUT2D eigenvalue weighted by atomic mass is 10.0. The first-order chi connectivity index (χ1) is 10.4. The van der Waals surface area contributed by atoms with Crippen LogP contribution in [0.5, 0.6) is 0 Å². The van der Waals surface area contributed by atoms with E-state index in [4.69, 9.17) is 10.2 Å². The van der Waals surface area contributed by atoms with Gasteiger partial charge in [-0.05, 0) is 12.1 Å². The molecule has 0 fully saturated rings. The maximum absolute atomic E-state index is 10.5. The van der Waals surface area contributed by atoms with E-state index in [1.54, 1.807) is 0 Å². The number of hydrogen-bond donors (Lipinski definition) is 6. The molecule has 1 rings (SSSR count). The van der Waals surface area contributed by atoms with Crippen LogP contribution in [0.15, 0.2) is 29.4 Å². The molecule has 122 valence electrons. The summed E-state index contributed by atoms with van der Waals surface area (Å²) in [5, 5.41) is 60.5. The second-order valence-corrected chi connectivity index (χ2v) is 4.36. The van der Waals surface area contributed by atoms with Crippen molar-refractivity contribution in [1.29, 1.82) is 0 Å². The van der Waals surface area contributed by atoms with Crippen LogP contribution in [0.2, 0.25) is 0 Å². The van der Waals surface area contributed by atoms with Gasteiger partial charge in [0.1, 0.15) is 18.3 Å². The molecule has 0 radical (unpaired) electrons. The highest BCUT2D eigenvalue weighted by Gasteiger charge is 2.28. The van der Waals surface area contributed by atoms with Gasteiger partial charge in [-0.25, -0.2) is 0 Å². The Balaban J connectivity index is 2.78. The van der Waals surface area contributed by atoms with E-state index in [2.05, 4.69) is 10.5 Å². The Morgan fingerprint density at radius 1 is 1.23 bits per heavy atom. The summed E-state index contributed by atoms with van der Waals surface area (Å²) in [4.78, 5) is 9.93. The zero-order valence-corrected chi connectivity index (χ0v) is 11.4. The summed E-state index contributed by atoms with van der Waals surface area (Å²) in [5.74, 6) is 0. The molecule has 0 aliphatic heterocycles. The maximum atomic E-state index is 10.5. The maximum Gasteiger partial charge on any atom is 0.269 e. The monoisotopic (exact) mass is 315 g/mol. The van der Waals surface area contributed by atoms with E-state index in [9.17, 15) is 25.4 Å². The lowest BCUT2D eigenvalue weighted by molar-refractivity contribution is -0.384. The number of benzene rings is 1. The quantitative estimate of drug-likeness (QED) is 0.190. The normalized spacial score (nSPS) is 16.0. The molecule has 1 aromatic rings. The number of nitro benzene ring substituents is 1. The summed E-state index contributed by atoms with van der Waals surface area (Å²) in [6, 6.07) is 5.19. The molecule has 3 atom stereocenters. The number of hydrogen-bond acceptors (Lipinski definition) is 9. The van der Waals surface area contributed by atoms with Gasteiger partial charge in [0.15, 0.2) is 0 Å². The van der Waals surface area contributed by atoms with E-state index in [0.29, 0.717) is 5.69 Å². The van der Waals surface area contributed by atoms with Gasteiger partial charge in [0, 0.05) is 12.1 Å². The molecule has 0 bridgehead atoms. The third-order valence-corrected chi connectivity index (χ3v) is 2.81. The van der Waals surface area contributed by atoms with Crippen LogP contribution in [0.3, 0.4) is 0 Å². The average molecular weight is 315 g/mol. The number of rotatable bonds is 8. The molecule has 0 aliphatic carbocycles. The number of non-ortho nitro benzene ring substituents is 1. The van der Waals surface area contributed by atoms with Crippen molar-refractivity contribution in [2.24, 2.45) is 5.10 Å². The van der Waals surface area contributed by atoms with Crippen LogP contribution in [0.1, 0.15) is 0 Å². The third-order valence-electron chi connectivity index (χ3n) is 2.81. The van der Waals surface area contributed by atoms with Crippen LogP contribution < -0.4 is 5.43 Å². The zero-order valence-electron chi connectivity index (χ0n) is 11.4. The molecular formula is C12H17N3O7. The van der Waals surface area contributed by atoms with Crippen LogP contribution in [-0.2, 0) is 0 Å². The van der Waals surface area contributed by atoms with E-state index < -0.39 is 36.4 Å². The molecule has 6 N–H and O–H groups in total. The summed E-state index contributed by atoms with van der Waals surface area (Å²) in [6.45, 7) is -1.48. The molecule has 0 spiro atoms. The number of aliphatic hydroxyl groups excluding tert-OH is 5. The summed E-state index contributed by atoms with van der Waals surface area (Å²) in [7, 11) is 0. The van der Waals surface area contributed by atoms with E-state index >= 15 is 0 Å². The largest absolute Gasteiger partial charge is 0.394 e. The Kier molecular flexibility index (Phi) is 6.82. The summed E-state index contributed by atoms with van der Waals surface area (Å²) in [6.07, 6.45) is -5.02. The molecule has 0 saturated heterocycles. The smallest absolute Gasteiger partial charge is 0.269 e. The third kappa shape index (κ3) is 4.72. The highest BCUT2D eigenvalue weighted by molar-refractivity contribution is 5.90. The van der Waals surface area contributed by atoms with Crippen molar-refractivity contribution in [3.63, 3.8) is 0 Å². The van der Waals surface area contributed by atoms with Crippen molar-refractivity contribution in [2.45, 2.75) is 18.3 Å². The van der Waals surface area contributed by atoms with Gasteiger partial charge in [-0.3, -0.25) is 15.5 Å². The van der Waals surface area contributed by atoms with Crippen LogP contribution in [0.4, 0.5) is 11.4 Å². The number of nitrogens with one attached hydrogen (secondary N) is 1. The van der Waals surface area contributed by atoms with Crippen molar-refractivity contribution in [3.8, 4) is 0 Å². The standard InChI is InChI=1S/C12H17N3O7/c16-5-9(11(19)12(20)10(18)6-17)14-13-7-1-3-8(4-2-7)15(21)22/h1-4,10-13,16-20H,5-6H2/t10-,11-,12-/m1/s1. The molecule has 10 nitrogen and oxygen atoms in total. The Bertz CT molecular complexity index is 520. The average Bonchev–Trinajstić information content (AvgIpc) is 2.54. The number of nitro groups is 1. The Labute approximate surface area is 125 Å². The van der Waals surface area contributed by atoms with Gasteiger partial charge >= 0.3 is 0 Å². The Hall–Kier alpha value is -2.11. The first-order valence-electron chi connectivity index (χ1n) is 6.23. The van der Waals surface area contributed by atoms with Gasteiger partial charge in [0.05, 0.1) is 29.5 Å². The van der Waals surface area contributed by atoms with E-state index in [-0.39, 0.29) is 11.4 Å². The lowest BCUT2D eigenvalue weighted by Gasteiger charge is -2.22. The molecule has 0 aromatic heterocycles. The fourth-order valence-corrected chi connectivity index (χ4v) is 1.50. The first kappa shape index (κ1) is 17.9. The highest BCUT2D eigenvalue weighted by Crippen LogP contribution is 2.15. The second kappa shape index (κ2) is 8.36. The Morgan fingerprint density at radius 3 is 2.27 bits per heavy atom.